The van der Waals surface area contributed by atoms with E-state index in [1.54, 1.807) is 6.20 Å². The molecule has 2 aromatic heterocycles. The highest BCUT2D eigenvalue weighted by Gasteiger charge is 2.12. The van der Waals surface area contributed by atoms with Crippen LogP contribution in [0.1, 0.15) is 5.69 Å². The first kappa shape index (κ1) is 11.3. The molecule has 0 aromatic carbocycles. The fourth-order valence-electron chi connectivity index (χ4n) is 1.36. The molecule has 0 atom stereocenters. The number of nitrogens with zero attached hydrogens (tertiary/aromatic N) is 3. The second kappa shape index (κ2) is 4.79. The van der Waals surface area contributed by atoms with E-state index < -0.39 is 0 Å². The van der Waals surface area contributed by atoms with Gasteiger partial charge in [-0.1, -0.05) is 0 Å². The maximum absolute atomic E-state index is 12.6. The van der Waals surface area contributed by atoms with Crippen LogP contribution in [0, 0.1) is 0 Å². The second-order valence-electron chi connectivity index (χ2n) is 2.90. The van der Waals surface area contributed by atoms with Crippen LogP contribution in [0.25, 0.3) is 10.9 Å². The van der Waals surface area contributed by atoms with Crippen LogP contribution in [0.2, 0.25) is 0 Å². The Morgan fingerprint density at radius 3 is 3.12 bits per heavy atom. The number of rotatable bonds is 4. The predicted molar refractivity (Wildman–Crippen MR) is 62.2 cm³/mol. The van der Waals surface area contributed by atoms with E-state index in [2.05, 4.69) is 31.3 Å². The molecule has 0 saturated heterocycles. The van der Waals surface area contributed by atoms with E-state index in [1.807, 2.05) is 0 Å². The lowest BCUT2D eigenvalue weighted by Gasteiger charge is -2.03. The summed E-state index contributed by atoms with van der Waals surface area (Å²) in [4.78, 5) is 14.3. The fraction of sp³-hybridized carbons (Fsp3) is 0.125. The first-order valence-corrected chi connectivity index (χ1v) is 5.72. The number of pyridine rings is 1. The molecule has 0 radical (unpaired) electrons. The molecule has 0 unspecified atom stereocenters. The van der Waals surface area contributed by atoms with E-state index >= 15 is 0 Å². The molecule has 0 aliphatic heterocycles. The Kier molecular flexibility index (Phi) is 3.39. The molecule has 0 saturated carbocycles. The third kappa shape index (κ3) is 1.90. The van der Waals surface area contributed by atoms with Gasteiger partial charge in [0.1, 0.15) is 5.52 Å². The topological polar surface area (TPSA) is 59.8 Å². The van der Waals surface area contributed by atoms with Crippen molar-refractivity contribution < 1.29 is 8.68 Å². The van der Waals surface area contributed by atoms with E-state index in [0.717, 1.165) is 13.9 Å². The lowest BCUT2D eigenvalue weighted by Crippen LogP contribution is -2.12. The number of nitrogens with one attached hydrogen (secondary N) is 1. The fourth-order valence-corrected chi connectivity index (χ4v) is 2.11. The van der Waals surface area contributed by atoms with Gasteiger partial charge in [0.2, 0.25) is 6.41 Å². The van der Waals surface area contributed by atoms with Gasteiger partial charge >= 0.3 is 0 Å². The van der Waals surface area contributed by atoms with Crippen LogP contribution in [0.3, 0.4) is 0 Å². The lowest BCUT2D eigenvalue weighted by atomic mass is 10.2. The van der Waals surface area contributed by atoms with Gasteiger partial charge in [-0.3, -0.25) is 9.78 Å². The van der Waals surface area contributed by atoms with Crippen LogP contribution in [-0.4, -0.2) is 20.6 Å². The smallest absolute Gasteiger partial charge is 0.207 e. The van der Waals surface area contributed by atoms with Gasteiger partial charge in [-0.25, -0.2) is 0 Å². The summed E-state index contributed by atoms with van der Waals surface area (Å²) in [5, 5.41) is 7.10. The van der Waals surface area contributed by atoms with Crippen LogP contribution in [0.4, 0.5) is 3.89 Å². The number of halogens is 2. The summed E-state index contributed by atoms with van der Waals surface area (Å²) in [5.41, 5.74) is 1.11. The van der Waals surface area contributed by atoms with E-state index in [-0.39, 0.29) is 18.9 Å². The molecule has 0 bridgehead atoms. The van der Waals surface area contributed by atoms with E-state index in [0.29, 0.717) is 17.6 Å². The zero-order valence-electron chi connectivity index (χ0n) is 7.85. The van der Waals surface area contributed by atoms with Gasteiger partial charge < -0.3 is 5.32 Å². The molecule has 2 aromatic rings. The van der Waals surface area contributed by atoms with Crippen LogP contribution >= 0.6 is 28.3 Å². The average molecular weight is 305 g/mol. The Balaban J connectivity index is 2.59. The summed E-state index contributed by atoms with van der Waals surface area (Å²) in [5.74, 6) is 0. The van der Waals surface area contributed by atoms with E-state index in [1.165, 1.54) is 6.20 Å². The SMILES string of the molecule is O=CNCc1ncc(Br)c2cnn(SF)c12. The molecule has 16 heavy (non-hydrogen) atoms. The minimum atomic E-state index is -0.0101. The summed E-state index contributed by atoms with van der Waals surface area (Å²) in [7, 11) is 0. The van der Waals surface area contributed by atoms with E-state index in [9.17, 15) is 8.68 Å². The molecule has 1 amide bonds. The molecule has 0 aliphatic rings. The molecule has 8 heteroatoms. The number of hydrogen-bond acceptors (Lipinski definition) is 4. The van der Waals surface area contributed by atoms with Crippen molar-refractivity contribution in [1.82, 2.24) is 19.5 Å². The van der Waals surface area contributed by atoms with Gasteiger partial charge in [-0.15, -0.1) is 3.89 Å². The Morgan fingerprint density at radius 1 is 1.62 bits per heavy atom. The molecule has 2 rings (SSSR count). The molecular formula is C8H6BrFN4OS. The summed E-state index contributed by atoms with van der Waals surface area (Å²) in [6, 6.07) is 0. The minimum absolute atomic E-state index is 0.0101. The second-order valence-corrected chi connectivity index (χ2v) is 4.24. The molecule has 0 fully saturated rings. The molecule has 0 aliphatic carbocycles. The van der Waals surface area contributed by atoms with Crippen molar-refractivity contribution >= 4 is 45.6 Å². The van der Waals surface area contributed by atoms with Crippen molar-refractivity contribution in [3.05, 3.63) is 22.6 Å². The maximum atomic E-state index is 12.6. The van der Waals surface area contributed by atoms with Crippen LogP contribution in [0.15, 0.2) is 16.9 Å². The van der Waals surface area contributed by atoms with Crippen LogP contribution < -0.4 is 5.32 Å². The van der Waals surface area contributed by atoms with Crippen molar-refractivity contribution in [2.24, 2.45) is 0 Å². The molecule has 1 N–H and O–H groups in total. The Bertz CT molecular complexity index is 532. The van der Waals surface area contributed by atoms with Gasteiger partial charge in [-0.2, -0.15) is 9.19 Å². The number of carbonyl (C=O) groups is 1. The third-order valence-electron chi connectivity index (χ3n) is 2.02. The molecule has 84 valence electrons. The van der Waals surface area contributed by atoms with Crippen LogP contribution in [-0.2, 0) is 11.3 Å². The normalized spacial score (nSPS) is 10.6. The van der Waals surface area contributed by atoms with Crippen molar-refractivity contribution in [3.63, 3.8) is 0 Å². The highest BCUT2D eigenvalue weighted by molar-refractivity contribution is 9.10. The zero-order valence-corrected chi connectivity index (χ0v) is 10.3. The quantitative estimate of drug-likeness (QED) is 0.875. The van der Waals surface area contributed by atoms with E-state index in [4.69, 9.17) is 0 Å². The Labute approximate surface area is 103 Å². The van der Waals surface area contributed by atoms with Gasteiger partial charge in [0, 0.05) is 16.1 Å². The van der Waals surface area contributed by atoms with Crippen molar-refractivity contribution in [1.29, 1.82) is 0 Å². The summed E-state index contributed by atoms with van der Waals surface area (Å²) >= 11 is 3.29. The van der Waals surface area contributed by atoms with Crippen molar-refractivity contribution in [3.8, 4) is 0 Å². The lowest BCUT2D eigenvalue weighted by molar-refractivity contribution is -0.109. The number of aromatic nitrogens is 3. The number of carbonyl (C=O) groups excluding carboxylic acids is 1. The first-order valence-electron chi connectivity index (χ1n) is 4.25. The number of hydrogen-bond donors (Lipinski definition) is 1. The van der Waals surface area contributed by atoms with Gasteiger partial charge in [0.05, 0.1) is 18.4 Å². The molecule has 0 spiro atoms. The molecule has 2 heterocycles. The largest absolute Gasteiger partial charge is 0.353 e. The summed E-state index contributed by atoms with van der Waals surface area (Å²) in [6.45, 7) is 0.236. The minimum Gasteiger partial charge on any atom is -0.353 e. The van der Waals surface area contributed by atoms with Crippen molar-refractivity contribution in [2.75, 3.05) is 0 Å². The Morgan fingerprint density at radius 2 is 2.44 bits per heavy atom. The third-order valence-corrected chi connectivity index (χ3v) is 3.06. The first-order chi connectivity index (χ1) is 7.77. The standard InChI is InChI=1S/C8H6BrFN4OS/c9-6-2-12-7(3-11-4-15)8-5(6)1-13-14(8)16-10/h1-2,4H,3H2,(H,11,15). The highest BCUT2D eigenvalue weighted by Crippen LogP contribution is 2.27. The summed E-state index contributed by atoms with van der Waals surface area (Å²) < 4.78 is 14.5. The average Bonchev–Trinajstić information content (AvgIpc) is 2.73. The molecular weight excluding hydrogens is 299 g/mol. The van der Waals surface area contributed by atoms with Crippen LogP contribution in [0.5, 0.6) is 0 Å². The number of amides is 1. The maximum Gasteiger partial charge on any atom is 0.207 e. The highest BCUT2D eigenvalue weighted by atomic mass is 79.9. The zero-order chi connectivity index (χ0) is 11.5. The van der Waals surface area contributed by atoms with Crippen molar-refractivity contribution in [2.45, 2.75) is 6.54 Å². The van der Waals surface area contributed by atoms with Gasteiger partial charge in [0.15, 0.2) is 12.3 Å². The Hall–Kier alpha value is -1.15. The monoisotopic (exact) mass is 304 g/mol. The van der Waals surface area contributed by atoms with Gasteiger partial charge in [0.25, 0.3) is 0 Å². The summed E-state index contributed by atoms with van der Waals surface area (Å²) in [6.07, 6.45) is 3.70. The van der Waals surface area contributed by atoms with Gasteiger partial charge in [-0.05, 0) is 15.9 Å². The predicted octanol–water partition coefficient (Wildman–Crippen LogP) is 1.82. The number of fused-ring (bicyclic) bond motifs is 1. The molecule has 5 nitrogen and oxygen atoms in total.